The summed E-state index contributed by atoms with van der Waals surface area (Å²) in [5, 5.41) is 3.09. The number of halogens is 1. The van der Waals surface area contributed by atoms with E-state index in [1.54, 1.807) is 4.90 Å². The summed E-state index contributed by atoms with van der Waals surface area (Å²) in [6.45, 7) is 8.14. The zero-order valence-corrected chi connectivity index (χ0v) is 23.0. The van der Waals surface area contributed by atoms with Crippen molar-refractivity contribution in [2.45, 2.75) is 59.2 Å². The number of rotatable bonds is 11. The number of hydrogen-bond donors (Lipinski definition) is 1. The fraction of sp³-hybridized carbons (Fsp3) is 0.333. The predicted molar refractivity (Wildman–Crippen MR) is 148 cm³/mol. The second-order valence-electron chi connectivity index (χ2n) is 9.28. The van der Waals surface area contributed by atoms with Crippen LogP contribution < -0.4 is 10.1 Å². The minimum absolute atomic E-state index is 0.00641. The van der Waals surface area contributed by atoms with Crippen molar-refractivity contribution in [1.29, 1.82) is 0 Å². The molecule has 1 N–H and O–H groups in total. The van der Waals surface area contributed by atoms with Crippen LogP contribution in [0.25, 0.3) is 0 Å². The maximum atomic E-state index is 13.7. The number of carbonyl (C=O) groups is 2. The van der Waals surface area contributed by atoms with E-state index in [1.807, 2.05) is 94.4 Å². The minimum atomic E-state index is -0.680. The highest BCUT2D eigenvalue weighted by atomic mass is 79.9. The first-order valence-electron chi connectivity index (χ1n) is 12.3. The van der Waals surface area contributed by atoms with E-state index in [0.29, 0.717) is 18.7 Å². The highest BCUT2D eigenvalue weighted by molar-refractivity contribution is 9.10. The Morgan fingerprint density at radius 1 is 0.944 bits per heavy atom. The Kier molecular flexibility index (Phi) is 10.1. The minimum Gasteiger partial charge on any atom is -0.484 e. The smallest absolute Gasteiger partial charge is 0.261 e. The van der Waals surface area contributed by atoms with Crippen LogP contribution >= 0.6 is 15.9 Å². The number of hydrogen-bond acceptors (Lipinski definition) is 3. The molecule has 2 atom stereocenters. The summed E-state index contributed by atoms with van der Waals surface area (Å²) in [6, 6.07) is 22.8. The monoisotopic (exact) mass is 550 g/mol. The van der Waals surface area contributed by atoms with Crippen LogP contribution in [-0.2, 0) is 22.6 Å². The average Bonchev–Trinajstić information content (AvgIpc) is 2.85. The second kappa shape index (κ2) is 13.3. The van der Waals surface area contributed by atoms with Crippen LogP contribution in [0.4, 0.5) is 0 Å². The third-order valence-electron chi connectivity index (χ3n) is 6.10. The Morgan fingerprint density at radius 2 is 1.58 bits per heavy atom. The molecule has 3 rings (SSSR count). The maximum absolute atomic E-state index is 13.7. The van der Waals surface area contributed by atoms with Crippen molar-refractivity contribution in [2.24, 2.45) is 0 Å². The molecule has 0 aliphatic rings. The molecule has 2 amide bonds. The molecule has 0 radical (unpaired) electrons. The van der Waals surface area contributed by atoms with Crippen LogP contribution in [0.15, 0.2) is 77.3 Å². The summed E-state index contributed by atoms with van der Waals surface area (Å²) in [7, 11) is 0. The number of nitrogens with one attached hydrogen (secondary N) is 1. The maximum Gasteiger partial charge on any atom is 0.261 e. The molecule has 3 aromatic rings. The van der Waals surface area contributed by atoms with Gasteiger partial charge in [-0.15, -0.1) is 0 Å². The molecule has 2 unspecified atom stereocenters. The van der Waals surface area contributed by atoms with Gasteiger partial charge in [0.05, 0.1) is 0 Å². The normalized spacial score (nSPS) is 12.5. The summed E-state index contributed by atoms with van der Waals surface area (Å²) in [5.41, 5.74) is 4.07. The lowest BCUT2D eigenvalue weighted by molar-refractivity contribution is -0.143. The molecule has 0 heterocycles. The molecular formula is C30H35BrN2O3. The fourth-order valence-corrected chi connectivity index (χ4v) is 4.29. The predicted octanol–water partition coefficient (Wildman–Crippen LogP) is 6.00. The van der Waals surface area contributed by atoms with E-state index in [0.717, 1.165) is 33.1 Å². The van der Waals surface area contributed by atoms with Gasteiger partial charge in [0, 0.05) is 23.5 Å². The van der Waals surface area contributed by atoms with Crippen LogP contribution in [0.5, 0.6) is 5.75 Å². The number of amides is 2. The van der Waals surface area contributed by atoms with E-state index in [-0.39, 0.29) is 24.5 Å². The third-order valence-corrected chi connectivity index (χ3v) is 6.62. The molecule has 0 fully saturated rings. The zero-order chi connectivity index (χ0) is 26.1. The highest BCUT2D eigenvalue weighted by Gasteiger charge is 2.31. The summed E-state index contributed by atoms with van der Waals surface area (Å²) in [5.74, 6) is 0.246. The van der Waals surface area contributed by atoms with Gasteiger partial charge in [-0.1, -0.05) is 71.4 Å². The van der Waals surface area contributed by atoms with E-state index in [1.165, 1.54) is 0 Å². The first-order chi connectivity index (χ1) is 17.2. The van der Waals surface area contributed by atoms with E-state index in [4.69, 9.17) is 4.74 Å². The second-order valence-corrected chi connectivity index (χ2v) is 10.2. The Labute approximate surface area is 223 Å². The van der Waals surface area contributed by atoms with Crippen LogP contribution in [-0.4, -0.2) is 35.4 Å². The number of carbonyl (C=O) groups excluding carboxylic acids is 2. The van der Waals surface area contributed by atoms with Crippen LogP contribution in [0, 0.1) is 13.8 Å². The van der Waals surface area contributed by atoms with Gasteiger partial charge in [-0.2, -0.15) is 0 Å². The van der Waals surface area contributed by atoms with Crippen molar-refractivity contribution in [1.82, 2.24) is 10.2 Å². The third kappa shape index (κ3) is 8.23. The van der Waals surface area contributed by atoms with Crippen LogP contribution in [0.3, 0.4) is 0 Å². The molecule has 0 aromatic heterocycles. The van der Waals surface area contributed by atoms with Gasteiger partial charge in [-0.25, -0.2) is 0 Å². The number of ether oxygens (including phenoxy) is 1. The molecular weight excluding hydrogens is 516 g/mol. The SMILES string of the molecule is CCC(C)NC(=O)C(Cc1ccccc1)N(Cc1ccc(Br)cc1)C(=O)COc1cc(C)cc(C)c1. The molecule has 3 aromatic carbocycles. The molecule has 6 heteroatoms. The summed E-state index contributed by atoms with van der Waals surface area (Å²) in [4.78, 5) is 28.8. The largest absolute Gasteiger partial charge is 0.484 e. The van der Waals surface area contributed by atoms with Gasteiger partial charge >= 0.3 is 0 Å². The molecule has 0 bridgehead atoms. The number of nitrogens with zero attached hydrogens (tertiary/aromatic N) is 1. The lowest BCUT2D eigenvalue weighted by atomic mass is 10.0. The highest BCUT2D eigenvalue weighted by Crippen LogP contribution is 2.19. The molecule has 0 aliphatic carbocycles. The van der Waals surface area contributed by atoms with E-state index < -0.39 is 6.04 Å². The fourth-order valence-electron chi connectivity index (χ4n) is 4.03. The average molecular weight is 552 g/mol. The summed E-state index contributed by atoms with van der Waals surface area (Å²) in [6.07, 6.45) is 1.22. The number of benzene rings is 3. The van der Waals surface area contributed by atoms with Gasteiger partial charge in [0.25, 0.3) is 5.91 Å². The van der Waals surface area contributed by atoms with Crippen molar-refractivity contribution in [2.75, 3.05) is 6.61 Å². The van der Waals surface area contributed by atoms with E-state index in [9.17, 15) is 9.59 Å². The van der Waals surface area contributed by atoms with Crippen molar-refractivity contribution in [3.63, 3.8) is 0 Å². The topological polar surface area (TPSA) is 58.6 Å². The Balaban J connectivity index is 1.91. The van der Waals surface area contributed by atoms with Gasteiger partial charge in [-0.05, 0) is 73.7 Å². The summed E-state index contributed by atoms with van der Waals surface area (Å²) < 4.78 is 6.88. The first-order valence-corrected chi connectivity index (χ1v) is 13.1. The lowest BCUT2D eigenvalue weighted by Crippen LogP contribution is -2.53. The van der Waals surface area contributed by atoms with Gasteiger partial charge in [0.15, 0.2) is 6.61 Å². The van der Waals surface area contributed by atoms with Gasteiger partial charge in [-0.3, -0.25) is 9.59 Å². The quantitative estimate of drug-likeness (QED) is 0.318. The lowest BCUT2D eigenvalue weighted by Gasteiger charge is -2.32. The van der Waals surface area contributed by atoms with Crippen LogP contribution in [0.1, 0.15) is 42.5 Å². The van der Waals surface area contributed by atoms with E-state index in [2.05, 4.69) is 27.3 Å². The zero-order valence-electron chi connectivity index (χ0n) is 21.5. The molecule has 0 saturated carbocycles. The van der Waals surface area contributed by atoms with Gasteiger partial charge in [0.2, 0.25) is 5.91 Å². The Bertz CT molecular complexity index is 1130. The molecule has 0 spiro atoms. The molecule has 5 nitrogen and oxygen atoms in total. The van der Waals surface area contributed by atoms with Crippen molar-refractivity contribution < 1.29 is 14.3 Å². The van der Waals surface area contributed by atoms with Crippen molar-refractivity contribution in [3.05, 3.63) is 99.5 Å². The molecule has 0 saturated heterocycles. The van der Waals surface area contributed by atoms with Crippen molar-refractivity contribution in [3.8, 4) is 5.75 Å². The first kappa shape index (κ1) is 27.5. The van der Waals surface area contributed by atoms with Gasteiger partial charge < -0.3 is 15.0 Å². The molecule has 36 heavy (non-hydrogen) atoms. The Morgan fingerprint density at radius 3 is 2.19 bits per heavy atom. The standard InChI is InChI=1S/C30H35BrN2O3/c1-5-23(4)32-30(35)28(18-24-9-7-6-8-10-24)33(19-25-11-13-26(31)14-12-25)29(34)20-36-27-16-21(2)15-22(3)17-27/h6-17,23,28H,5,18-20H2,1-4H3,(H,32,35). The molecule has 190 valence electrons. The van der Waals surface area contributed by atoms with Crippen molar-refractivity contribution >= 4 is 27.7 Å². The van der Waals surface area contributed by atoms with E-state index >= 15 is 0 Å². The summed E-state index contributed by atoms with van der Waals surface area (Å²) >= 11 is 3.47. The molecule has 0 aliphatic heterocycles. The Hall–Kier alpha value is -3.12. The van der Waals surface area contributed by atoms with Crippen LogP contribution in [0.2, 0.25) is 0 Å². The van der Waals surface area contributed by atoms with Gasteiger partial charge in [0.1, 0.15) is 11.8 Å². The number of aryl methyl sites for hydroxylation is 2.